The number of carbonyl (C=O) groups is 1. The molecule has 1 aromatic heterocycles. The van der Waals surface area contributed by atoms with Crippen molar-refractivity contribution in [2.24, 2.45) is 7.05 Å². The van der Waals surface area contributed by atoms with E-state index in [2.05, 4.69) is 0 Å². The minimum Gasteiger partial charge on any atom is -0.318 e. The summed E-state index contributed by atoms with van der Waals surface area (Å²) in [6.45, 7) is 10.8. The van der Waals surface area contributed by atoms with E-state index in [-0.39, 0.29) is 51.9 Å². The first-order valence-corrected chi connectivity index (χ1v) is 17.1. The van der Waals surface area contributed by atoms with E-state index in [1.807, 2.05) is 27.7 Å². The SMILES string of the molecule is CCCN(c1cc(-c2cn(C)c(=O)cc2[C@H](C)C[S@@](=O)C(C)(C)C)c(C(=O)c2ccc(Cl)cc2)cc1F)S(=O)(=O)CC. The third kappa shape index (κ3) is 7.38. The molecule has 0 bridgehead atoms. The van der Waals surface area contributed by atoms with Crippen molar-refractivity contribution in [3.63, 3.8) is 0 Å². The van der Waals surface area contributed by atoms with Crippen LogP contribution in [0, 0.1) is 5.82 Å². The quantitative estimate of drug-likeness (QED) is 0.231. The molecule has 0 saturated heterocycles. The first-order chi connectivity index (χ1) is 19.5. The third-order valence-corrected chi connectivity index (χ3v) is 11.2. The van der Waals surface area contributed by atoms with Crippen LogP contribution in [0.5, 0.6) is 0 Å². The highest BCUT2D eigenvalue weighted by Gasteiger charge is 2.29. The lowest BCUT2D eigenvalue weighted by Gasteiger charge is -2.26. The molecule has 42 heavy (non-hydrogen) atoms. The van der Waals surface area contributed by atoms with Gasteiger partial charge < -0.3 is 4.57 Å². The van der Waals surface area contributed by atoms with Crippen molar-refractivity contribution in [2.45, 2.75) is 58.6 Å². The van der Waals surface area contributed by atoms with Crippen molar-refractivity contribution in [2.75, 3.05) is 22.4 Å². The molecule has 0 spiro atoms. The summed E-state index contributed by atoms with van der Waals surface area (Å²) in [5.41, 5.74) is 0.986. The summed E-state index contributed by atoms with van der Waals surface area (Å²) in [6, 6.07) is 10.0. The number of hydrogen-bond donors (Lipinski definition) is 0. The highest BCUT2D eigenvalue weighted by molar-refractivity contribution is 7.92. The van der Waals surface area contributed by atoms with Gasteiger partial charge in [-0.2, -0.15) is 0 Å². The number of nitrogens with zero attached hydrogens (tertiary/aromatic N) is 2. The second-order valence-electron chi connectivity index (χ2n) is 11.3. The zero-order valence-corrected chi connectivity index (χ0v) is 27.4. The highest BCUT2D eigenvalue weighted by Crippen LogP contribution is 2.38. The van der Waals surface area contributed by atoms with Crippen LogP contribution in [-0.2, 0) is 27.9 Å². The molecule has 0 unspecified atom stereocenters. The van der Waals surface area contributed by atoms with E-state index < -0.39 is 37.2 Å². The molecule has 0 aliphatic carbocycles. The summed E-state index contributed by atoms with van der Waals surface area (Å²) in [7, 11) is -3.56. The first-order valence-electron chi connectivity index (χ1n) is 13.7. The van der Waals surface area contributed by atoms with E-state index in [4.69, 9.17) is 11.6 Å². The topological polar surface area (TPSA) is 93.5 Å². The summed E-state index contributed by atoms with van der Waals surface area (Å²) < 4.78 is 56.9. The molecule has 3 aromatic rings. The number of aryl methyl sites for hydroxylation is 1. The number of pyridine rings is 1. The molecule has 0 aliphatic rings. The molecule has 0 amide bonds. The number of aromatic nitrogens is 1. The second-order valence-corrected chi connectivity index (χ2v) is 16.1. The molecular weight excluding hydrogens is 599 g/mol. The van der Waals surface area contributed by atoms with Gasteiger partial charge in [-0.15, -0.1) is 0 Å². The van der Waals surface area contributed by atoms with Gasteiger partial charge in [0.2, 0.25) is 10.0 Å². The van der Waals surface area contributed by atoms with Gasteiger partial charge in [0, 0.05) is 68.9 Å². The zero-order valence-electron chi connectivity index (χ0n) is 25.0. The van der Waals surface area contributed by atoms with Crippen LogP contribution in [0.4, 0.5) is 10.1 Å². The van der Waals surface area contributed by atoms with Crippen LogP contribution in [0.3, 0.4) is 0 Å². The molecule has 0 fully saturated rings. The molecule has 1 heterocycles. The number of halogens is 2. The average Bonchev–Trinajstić information content (AvgIpc) is 2.92. The molecule has 2 aromatic carbocycles. The predicted molar refractivity (Wildman–Crippen MR) is 170 cm³/mol. The van der Waals surface area contributed by atoms with Crippen molar-refractivity contribution < 1.29 is 21.8 Å². The summed E-state index contributed by atoms with van der Waals surface area (Å²) in [5.74, 6) is -1.75. The zero-order chi connectivity index (χ0) is 31.6. The van der Waals surface area contributed by atoms with E-state index in [1.54, 1.807) is 32.3 Å². The molecule has 0 saturated carbocycles. The summed E-state index contributed by atoms with van der Waals surface area (Å²) in [5, 5.41) is 0.425. The first kappa shape index (κ1) is 33.7. The second kappa shape index (κ2) is 13.2. The minimum atomic E-state index is -3.86. The van der Waals surface area contributed by atoms with Crippen molar-refractivity contribution >= 4 is 43.9 Å². The van der Waals surface area contributed by atoms with Crippen molar-refractivity contribution in [1.82, 2.24) is 4.57 Å². The number of ketones is 1. The predicted octanol–water partition coefficient (Wildman–Crippen LogP) is 6.29. The maximum Gasteiger partial charge on any atom is 0.250 e. The van der Waals surface area contributed by atoms with Gasteiger partial charge in [-0.3, -0.25) is 18.1 Å². The largest absolute Gasteiger partial charge is 0.318 e. The van der Waals surface area contributed by atoms with E-state index >= 15 is 4.39 Å². The Labute approximate surface area is 255 Å². The Morgan fingerprint density at radius 2 is 1.71 bits per heavy atom. The van der Waals surface area contributed by atoms with Crippen molar-refractivity contribution in [3.8, 4) is 11.1 Å². The van der Waals surface area contributed by atoms with E-state index in [9.17, 15) is 22.2 Å². The normalized spacial score (nSPS) is 13.5. The summed E-state index contributed by atoms with van der Waals surface area (Å²) >= 11 is 6.03. The van der Waals surface area contributed by atoms with Crippen LogP contribution < -0.4 is 9.86 Å². The van der Waals surface area contributed by atoms with Gasteiger partial charge in [0.1, 0.15) is 5.82 Å². The standard InChI is InChI=1S/C31H38ClFN2O5S2/c1-8-14-35(42(39,40)9-2)28-16-24(25(15-27(28)33)30(37)21-10-12-22(32)13-11-21)26-18-34(7)29(36)17-23(26)20(3)19-41(38)31(4,5)6/h10-13,15-18,20H,8-9,14,19H2,1-7H3/t20-,41-/m1/s1. The lowest BCUT2D eigenvalue weighted by molar-refractivity contribution is 0.103. The highest BCUT2D eigenvalue weighted by atomic mass is 35.5. The van der Waals surface area contributed by atoms with Crippen molar-refractivity contribution in [3.05, 3.63) is 86.5 Å². The molecular formula is C31H38ClFN2O5S2. The Bertz CT molecular complexity index is 1660. The number of carbonyl (C=O) groups excluding carboxylic acids is 1. The molecule has 0 N–H and O–H groups in total. The number of benzene rings is 2. The lowest BCUT2D eigenvalue weighted by atomic mass is 9.88. The van der Waals surface area contributed by atoms with Gasteiger partial charge in [-0.05, 0) is 87.6 Å². The van der Waals surface area contributed by atoms with Crippen LogP contribution in [0.25, 0.3) is 11.1 Å². The molecule has 228 valence electrons. The van der Waals surface area contributed by atoms with Crippen LogP contribution in [-0.4, -0.2) is 45.8 Å². The van der Waals surface area contributed by atoms with Gasteiger partial charge in [-0.25, -0.2) is 12.8 Å². The maximum absolute atomic E-state index is 15.9. The van der Waals surface area contributed by atoms with Gasteiger partial charge in [0.15, 0.2) is 5.78 Å². The molecule has 2 atom stereocenters. The van der Waals surface area contributed by atoms with E-state index in [0.29, 0.717) is 22.6 Å². The molecule has 0 radical (unpaired) electrons. The Morgan fingerprint density at radius 3 is 2.26 bits per heavy atom. The average molecular weight is 637 g/mol. The fourth-order valence-corrected chi connectivity index (χ4v) is 7.00. The Morgan fingerprint density at radius 1 is 1.10 bits per heavy atom. The summed E-state index contributed by atoms with van der Waals surface area (Å²) in [4.78, 5) is 26.7. The summed E-state index contributed by atoms with van der Waals surface area (Å²) in [6.07, 6.45) is 1.99. The lowest BCUT2D eigenvalue weighted by Crippen LogP contribution is -2.34. The number of anilines is 1. The van der Waals surface area contributed by atoms with Crippen LogP contribution in [0.15, 0.2) is 53.5 Å². The fraction of sp³-hybridized carbons (Fsp3) is 0.419. The monoisotopic (exact) mass is 636 g/mol. The maximum atomic E-state index is 15.9. The Kier molecular flexibility index (Phi) is 10.6. The Balaban J connectivity index is 2.40. The smallest absolute Gasteiger partial charge is 0.250 e. The van der Waals surface area contributed by atoms with Gasteiger partial charge in [0.05, 0.1) is 11.4 Å². The third-order valence-electron chi connectivity index (χ3n) is 7.00. The van der Waals surface area contributed by atoms with Crippen molar-refractivity contribution in [1.29, 1.82) is 0 Å². The molecule has 0 aliphatic heterocycles. The fourth-order valence-electron chi connectivity index (χ4n) is 4.53. The van der Waals surface area contributed by atoms with Crippen LogP contribution in [0.2, 0.25) is 5.02 Å². The number of hydrogen-bond acceptors (Lipinski definition) is 5. The Hall–Kier alpha value is -2.82. The van der Waals surface area contributed by atoms with E-state index in [0.717, 1.165) is 10.4 Å². The van der Waals surface area contributed by atoms with Gasteiger partial charge in [-0.1, -0.05) is 25.4 Å². The van der Waals surface area contributed by atoms with Gasteiger partial charge >= 0.3 is 0 Å². The van der Waals surface area contributed by atoms with Crippen LogP contribution >= 0.6 is 11.6 Å². The molecule has 11 heteroatoms. The van der Waals surface area contributed by atoms with Crippen LogP contribution in [0.1, 0.15) is 75.4 Å². The molecule has 7 nitrogen and oxygen atoms in total. The van der Waals surface area contributed by atoms with E-state index in [1.165, 1.54) is 35.8 Å². The number of sulfonamides is 1. The minimum absolute atomic E-state index is 0.00652. The van der Waals surface area contributed by atoms with Gasteiger partial charge in [0.25, 0.3) is 5.56 Å². The number of rotatable bonds is 11. The molecule has 3 rings (SSSR count).